The summed E-state index contributed by atoms with van der Waals surface area (Å²) in [6, 6.07) is 17.1. The Labute approximate surface area is 185 Å². The normalized spacial score (nSPS) is 15.5. The van der Waals surface area contributed by atoms with Crippen LogP contribution in [0, 0.1) is 20.8 Å². The topological polar surface area (TPSA) is 19.4 Å². The lowest BCUT2D eigenvalue weighted by Crippen LogP contribution is -2.45. The van der Waals surface area contributed by atoms with Crippen LogP contribution in [0.5, 0.6) is 0 Å². The minimum atomic E-state index is 0.867. The van der Waals surface area contributed by atoms with Crippen LogP contribution in [0.2, 0.25) is 5.02 Å². The molecule has 0 atom stereocenters. The number of pyridine rings is 1. The van der Waals surface area contributed by atoms with E-state index in [2.05, 4.69) is 72.0 Å². The number of hydrogen-bond acceptors (Lipinski definition) is 3. The third-order valence-corrected chi connectivity index (χ3v) is 6.64. The fourth-order valence-electron chi connectivity index (χ4n) is 4.15. The highest BCUT2D eigenvalue weighted by molar-refractivity contribution is 6.31. The second kappa shape index (κ2) is 9.30. The average Bonchev–Trinajstić information content (AvgIpc) is 2.75. The summed E-state index contributed by atoms with van der Waals surface area (Å²) < 4.78 is 0. The number of halogens is 1. The summed E-state index contributed by atoms with van der Waals surface area (Å²) in [6.07, 6.45) is 1.95. The largest absolute Gasteiger partial charge is 0.297 e. The lowest BCUT2D eigenvalue weighted by atomic mass is 9.98. The van der Waals surface area contributed by atoms with Gasteiger partial charge < -0.3 is 0 Å². The minimum Gasteiger partial charge on any atom is -0.297 e. The van der Waals surface area contributed by atoms with Gasteiger partial charge in [-0.25, -0.2) is 0 Å². The van der Waals surface area contributed by atoms with Crippen LogP contribution in [0.4, 0.5) is 0 Å². The van der Waals surface area contributed by atoms with Crippen LogP contribution in [0.15, 0.2) is 54.7 Å². The van der Waals surface area contributed by atoms with E-state index in [9.17, 15) is 0 Å². The zero-order valence-corrected chi connectivity index (χ0v) is 18.9. The Kier molecular flexibility index (Phi) is 6.52. The second-order valence-corrected chi connectivity index (χ2v) is 8.84. The highest BCUT2D eigenvalue weighted by Crippen LogP contribution is 2.25. The van der Waals surface area contributed by atoms with Crippen molar-refractivity contribution >= 4 is 11.6 Å². The van der Waals surface area contributed by atoms with E-state index in [0.29, 0.717) is 0 Å². The van der Waals surface area contributed by atoms with Gasteiger partial charge in [-0.1, -0.05) is 29.8 Å². The Balaban J connectivity index is 1.38. The summed E-state index contributed by atoms with van der Waals surface area (Å²) >= 11 is 6.33. The lowest BCUT2D eigenvalue weighted by molar-refractivity contribution is 0.122. The molecular weight excluding hydrogens is 390 g/mol. The predicted octanol–water partition coefficient (Wildman–Crippen LogP) is 5.65. The molecule has 30 heavy (non-hydrogen) atoms. The minimum absolute atomic E-state index is 0.867. The number of benzene rings is 2. The van der Waals surface area contributed by atoms with E-state index in [-0.39, 0.29) is 0 Å². The van der Waals surface area contributed by atoms with Gasteiger partial charge in [-0.3, -0.25) is 14.8 Å². The first kappa shape index (κ1) is 21.0. The molecule has 4 rings (SSSR count). The fourth-order valence-corrected chi connectivity index (χ4v) is 4.34. The SMILES string of the molecule is Cc1cc(-c2cc(CN3CCN(Cc4ccccc4Cl)CC3)ccn2)cc(C)c1C. The molecule has 0 amide bonds. The molecule has 1 aromatic heterocycles. The molecule has 0 spiro atoms. The van der Waals surface area contributed by atoms with Crippen molar-refractivity contribution in [3.05, 3.63) is 87.6 Å². The van der Waals surface area contributed by atoms with Crippen molar-refractivity contribution in [2.75, 3.05) is 26.2 Å². The maximum atomic E-state index is 6.33. The number of hydrogen-bond donors (Lipinski definition) is 0. The molecule has 2 aromatic carbocycles. The molecule has 0 bridgehead atoms. The Bertz CT molecular complexity index is 999. The number of aromatic nitrogens is 1. The average molecular weight is 420 g/mol. The van der Waals surface area contributed by atoms with Crippen LogP contribution < -0.4 is 0 Å². The van der Waals surface area contributed by atoms with E-state index in [4.69, 9.17) is 11.6 Å². The number of aryl methyl sites for hydroxylation is 2. The van der Waals surface area contributed by atoms with Crippen molar-refractivity contribution < 1.29 is 0 Å². The predicted molar refractivity (Wildman–Crippen MR) is 126 cm³/mol. The van der Waals surface area contributed by atoms with Gasteiger partial charge in [0.2, 0.25) is 0 Å². The quantitative estimate of drug-likeness (QED) is 0.533. The van der Waals surface area contributed by atoms with Gasteiger partial charge in [-0.2, -0.15) is 0 Å². The zero-order chi connectivity index (χ0) is 21.1. The van der Waals surface area contributed by atoms with Crippen LogP contribution in [-0.4, -0.2) is 41.0 Å². The first-order chi connectivity index (χ1) is 14.5. The molecule has 3 nitrogen and oxygen atoms in total. The summed E-state index contributed by atoms with van der Waals surface area (Å²) in [5.41, 5.74) is 8.84. The van der Waals surface area contributed by atoms with Gasteiger partial charge in [-0.15, -0.1) is 0 Å². The molecule has 0 aliphatic carbocycles. The first-order valence-corrected chi connectivity index (χ1v) is 11.1. The Morgan fingerprint density at radius 3 is 2.13 bits per heavy atom. The molecule has 1 fully saturated rings. The van der Waals surface area contributed by atoms with Crippen LogP contribution >= 0.6 is 11.6 Å². The highest BCUT2D eigenvalue weighted by atomic mass is 35.5. The van der Waals surface area contributed by atoms with Crippen LogP contribution in [-0.2, 0) is 13.1 Å². The zero-order valence-electron chi connectivity index (χ0n) is 18.2. The molecule has 156 valence electrons. The smallest absolute Gasteiger partial charge is 0.0705 e. The molecule has 3 aromatic rings. The van der Waals surface area contributed by atoms with Gasteiger partial charge in [0.05, 0.1) is 5.69 Å². The maximum Gasteiger partial charge on any atom is 0.0705 e. The van der Waals surface area contributed by atoms with Crippen molar-refractivity contribution in [2.45, 2.75) is 33.9 Å². The van der Waals surface area contributed by atoms with Gasteiger partial charge in [0, 0.05) is 56.1 Å². The second-order valence-electron chi connectivity index (χ2n) is 8.43. The third-order valence-electron chi connectivity index (χ3n) is 6.27. The molecule has 4 heteroatoms. The molecule has 1 saturated heterocycles. The number of rotatable bonds is 5. The Morgan fingerprint density at radius 1 is 0.833 bits per heavy atom. The van der Waals surface area contributed by atoms with Crippen LogP contribution in [0.1, 0.15) is 27.8 Å². The van der Waals surface area contributed by atoms with Gasteiger partial charge in [0.1, 0.15) is 0 Å². The van der Waals surface area contributed by atoms with E-state index >= 15 is 0 Å². The number of nitrogens with zero attached hydrogens (tertiary/aromatic N) is 3. The highest BCUT2D eigenvalue weighted by Gasteiger charge is 2.18. The molecule has 0 N–H and O–H groups in total. The van der Waals surface area contributed by atoms with Crippen molar-refractivity contribution in [2.24, 2.45) is 0 Å². The monoisotopic (exact) mass is 419 g/mol. The summed E-state index contributed by atoms with van der Waals surface area (Å²) in [7, 11) is 0. The van der Waals surface area contributed by atoms with Gasteiger partial charge in [-0.05, 0) is 78.9 Å². The standard InChI is InChI=1S/C26H30ClN3/c1-19-14-24(15-20(2)21(19)3)26-16-22(8-9-28-26)17-29-10-12-30(13-11-29)18-23-6-4-5-7-25(23)27/h4-9,14-16H,10-13,17-18H2,1-3H3. The van der Waals surface area contributed by atoms with Crippen molar-refractivity contribution in [1.29, 1.82) is 0 Å². The Hall–Kier alpha value is -2.20. The molecule has 0 radical (unpaired) electrons. The molecular formula is C26H30ClN3. The van der Waals surface area contributed by atoms with Gasteiger partial charge >= 0.3 is 0 Å². The summed E-state index contributed by atoms with van der Waals surface area (Å²) in [4.78, 5) is 9.67. The number of piperazine rings is 1. The first-order valence-electron chi connectivity index (χ1n) is 10.7. The Morgan fingerprint density at radius 2 is 1.47 bits per heavy atom. The van der Waals surface area contributed by atoms with E-state index in [0.717, 1.165) is 50.0 Å². The summed E-state index contributed by atoms with van der Waals surface area (Å²) in [6.45, 7) is 12.7. The molecule has 1 aliphatic rings. The maximum absolute atomic E-state index is 6.33. The molecule has 2 heterocycles. The van der Waals surface area contributed by atoms with Gasteiger partial charge in [0.25, 0.3) is 0 Å². The van der Waals surface area contributed by atoms with Gasteiger partial charge in [0.15, 0.2) is 0 Å². The van der Waals surface area contributed by atoms with E-state index in [1.807, 2.05) is 18.3 Å². The molecule has 0 unspecified atom stereocenters. The lowest BCUT2D eigenvalue weighted by Gasteiger charge is -2.35. The van der Waals surface area contributed by atoms with E-state index < -0.39 is 0 Å². The van der Waals surface area contributed by atoms with Crippen LogP contribution in [0.3, 0.4) is 0 Å². The van der Waals surface area contributed by atoms with Crippen LogP contribution in [0.25, 0.3) is 11.3 Å². The summed E-state index contributed by atoms with van der Waals surface area (Å²) in [5, 5.41) is 0.867. The molecule has 1 aliphatic heterocycles. The summed E-state index contributed by atoms with van der Waals surface area (Å²) in [5.74, 6) is 0. The van der Waals surface area contributed by atoms with Crippen molar-refractivity contribution in [3.8, 4) is 11.3 Å². The van der Waals surface area contributed by atoms with Crippen molar-refractivity contribution in [1.82, 2.24) is 14.8 Å². The third kappa shape index (κ3) is 4.92. The van der Waals surface area contributed by atoms with E-state index in [1.165, 1.54) is 33.4 Å². The van der Waals surface area contributed by atoms with Crippen molar-refractivity contribution in [3.63, 3.8) is 0 Å². The van der Waals surface area contributed by atoms with E-state index in [1.54, 1.807) is 0 Å². The molecule has 0 saturated carbocycles. The fraction of sp³-hybridized carbons (Fsp3) is 0.346.